The van der Waals surface area contributed by atoms with Crippen LogP contribution in [0.1, 0.15) is 47.9 Å². The zero-order chi connectivity index (χ0) is 25.8. The number of carbonyl (C=O) groups is 2. The molecule has 0 aliphatic carbocycles. The maximum atomic E-state index is 13.2. The highest BCUT2D eigenvalue weighted by Gasteiger charge is 2.25. The lowest BCUT2D eigenvalue weighted by Gasteiger charge is -2.22. The molecule has 5 rings (SSSR count). The van der Waals surface area contributed by atoms with Crippen molar-refractivity contribution in [2.45, 2.75) is 38.3 Å². The number of hydrogen-bond donors (Lipinski definition) is 2. The molecule has 1 fully saturated rings. The van der Waals surface area contributed by atoms with E-state index in [1.54, 1.807) is 29.0 Å². The Labute approximate surface area is 213 Å². The molecular formula is C25H28N8O4. The second-order valence-corrected chi connectivity index (χ2v) is 9.12. The minimum atomic E-state index is -0.914. The number of nitrogens with zero attached hydrogens (tertiary/aromatic N) is 7. The molecule has 1 atom stereocenters. The van der Waals surface area contributed by atoms with Crippen molar-refractivity contribution in [1.82, 2.24) is 34.7 Å². The molecule has 0 radical (unpaired) electrons. The van der Waals surface area contributed by atoms with Crippen molar-refractivity contribution in [3.63, 3.8) is 0 Å². The SMILES string of the molecule is O=C(NC1CCCCn2c1nc(-c1ccncn1)cc2=O)c1ccc(N2CCCN(C(=O)O)CC2)nc1. The Morgan fingerprint density at radius 3 is 2.62 bits per heavy atom. The van der Waals surface area contributed by atoms with Gasteiger partial charge in [-0.25, -0.2) is 24.7 Å². The zero-order valence-electron chi connectivity index (χ0n) is 20.3. The van der Waals surface area contributed by atoms with Crippen LogP contribution in [0, 0.1) is 0 Å². The second kappa shape index (κ2) is 10.7. The Morgan fingerprint density at radius 1 is 0.973 bits per heavy atom. The Balaban J connectivity index is 1.33. The summed E-state index contributed by atoms with van der Waals surface area (Å²) < 4.78 is 1.63. The quantitative estimate of drug-likeness (QED) is 0.544. The van der Waals surface area contributed by atoms with Gasteiger partial charge in [0.1, 0.15) is 18.0 Å². The highest BCUT2D eigenvalue weighted by molar-refractivity contribution is 5.94. The number of carboxylic acid groups (broad SMARTS) is 1. The minimum absolute atomic E-state index is 0.176. The maximum absolute atomic E-state index is 13.2. The van der Waals surface area contributed by atoms with Crippen LogP contribution in [0.25, 0.3) is 11.4 Å². The third kappa shape index (κ3) is 5.42. The fourth-order valence-electron chi connectivity index (χ4n) is 4.76. The summed E-state index contributed by atoms with van der Waals surface area (Å²) in [6, 6.07) is 6.22. The lowest BCUT2D eigenvalue weighted by atomic mass is 10.1. The Morgan fingerprint density at radius 2 is 1.86 bits per heavy atom. The Hall–Kier alpha value is -4.35. The van der Waals surface area contributed by atoms with Gasteiger partial charge in [-0.1, -0.05) is 0 Å². The summed E-state index contributed by atoms with van der Waals surface area (Å²) in [4.78, 5) is 58.1. The molecule has 2 amide bonds. The summed E-state index contributed by atoms with van der Waals surface area (Å²) in [7, 11) is 0. The van der Waals surface area contributed by atoms with Crippen LogP contribution >= 0.6 is 0 Å². The molecule has 2 N–H and O–H groups in total. The van der Waals surface area contributed by atoms with Gasteiger partial charge in [0.2, 0.25) is 0 Å². The van der Waals surface area contributed by atoms with Gasteiger partial charge < -0.3 is 20.2 Å². The summed E-state index contributed by atoms with van der Waals surface area (Å²) in [6.07, 6.45) is 6.64. The van der Waals surface area contributed by atoms with Gasteiger partial charge in [0.25, 0.3) is 11.5 Å². The van der Waals surface area contributed by atoms with Crippen molar-refractivity contribution in [2.75, 3.05) is 31.1 Å². The molecule has 0 spiro atoms. The van der Waals surface area contributed by atoms with Crippen LogP contribution in [0.3, 0.4) is 0 Å². The van der Waals surface area contributed by atoms with Gasteiger partial charge in [-0.2, -0.15) is 0 Å². The van der Waals surface area contributed by atoms with Crippen LogP contribution in [0.5, 0.6) is 0 Å². The summed E-state index contributed by atoms with van der Waals surface area (Å²) in [5.41, 5.74) is 1.22. The largest absolute Gasteiger partial charge is 0.465 e. The highest BCUT2D eigenvalue weighted by atomic mass is 16.4. The van der Waals surface area contributed by atoms with Gasteiger partial charge in [0.15, 0.2) is 0 Å². The van der Waals surface area contributed by atoms with Crippen LogP contribution < -0.4 is 15.8 Å². The second-order valence-electron chi connectivity index (χ2n) is 9.12. The van der Waals surface area contributed by atoms with E-state index in [9.17, 15) is 19.5 Å². The average molecular weight is 505 g/mol. The van der Waals surface area contributed by atoms with E-state index in [0.717, 1.165) is 12.8 Å². The number of rotatable bonds is 4. The molecular weight excluding hydrogens is 476 g/mol. The number of amides is 2. The molecule has 0 bridgehead atoms. The van der Waals surface area contributed by atoms with Crippen LogP contribution in [-0.2, 0) is 6.54 Å². The number of pyridine rings is 1. The third-order valence-electron chi connectivity index (χ3n) is 6.72. The van der Waals surface area contributed by atoms with E-state index in [0.29, 0.717) is 74.2 Å². The smallest absolute Gasteiger partial charge is 0.407 e. The molecule has 192 valence electrons. The van der Waals surface area contributed by atoms with Crippen LogP contribution in [0.2, 0.25) is 0 Å². The monoisotopic (exact) mass is 504 g/mol. The molecule has 1 unspecified atom stereocenters. The van der Waals surface area contributed by atoms with Crippen molar-refractivity contribution in [3.8, 4) is 11.4 Å². The van der Waals surface area contributed by atoms with E-state index in [4.69, 9.17) is 4.98 Å². The van der Waals surface area contributed by atoms with Crippen LogP contribution in [-0.4, -0.2) is 72.7 Å². The molecule has 0 aromatic carbocycles. The highest BCUT2D eigenvalue weighted by Crippen LogP contribution is 2.24. The number of carbonyl (C=O) groups excluding carboxylic acids is 1. The number of anilines is 1. The van der Waals surface area contributed by atoms with Crippen LogP contribution in [0.4, 0.5) is 10.6 Å². The van der Waals surface area contributed by atoms with Crippen molar-refractivity contribution >= 4 is 17.8 Å². The Kier molecular flexibility index (Phi) is 7.06. The van der Waals surface area contributed by atoms with Gasteiger partial charge in [-0.05, 0) is 43.9 Å². The zero-order valence-corrected chi connectivity index (χ0v) is 20.3. The van der Waals surface area contributed by atoms with Crippen molar-refractivity contribution in [1.29, 1.82) is 0 Å². The summed E-state index contributed by atoms with van der Waals surface area (Å²) in [5.74, 6) is 0.919. The van der Waals surface area contributed by atoms with Crippen molar-refractivity contribution in [3.05, 3.63) is 64.7 Å². The predicted molar refractivity (Wildman–Crippen MR) is 134 cm³/mol. The first-order valence-corrected chi connectivity index (χ1v) is 12.4. The number of aromatic nitrogens is 5. The van der Waals surface area contributed by atoms with E-state index in [2.05, 4.69) is 20.3 Å². The summed E-state index contributed by atoms with van der Waals surface area (Å²) >= 11 is 0. The van der Waals surface area contributed by atoms with E-state index in [-0.39, 0.29) is 11.5 Å². The van der Waals surface area contributed by atoms with Crippen molar-refractivity contribution in [2.24, 2.45) is 0 Å². The molecule has 37 heavy (non-hydrogen) atoms. The van der Waals surface area contributed by atoms with E-state index < -0.39 is 12.1 Å². The first kappa shape index (κ1) is 24.3. The number of hydrogen-bond acceptors (Lipinski definition) is 8. The maximum Gasteiger partial charge on any atom is 0.407 e. The molecule has 12 nitrogen and oxygen atoms in total. The third-order valence-corrected chi connectivity index (χ3v) is 6.72. The van der Waals surface area contributed by atoms with E-state index in [1.165, 1.54) is 23.5 Å². The fourth-order valence-corrected chi connectivity index (χ4v) is 4.76. The molecule has 3 aromatic heterocycles. The lowest BCUT2D eigenvalue weighted by molar-refractivity contribution is 0.0932. The molecule has 2 aliphatic rings. The topological polar surface area (TPSA) is 146 Å². The Bertz CT molecular complexity index is 1330. The van der Waals surface area contributed by atoms with Gasteiger partial charge in [-0.15, -0.1) is 0 Å². The molecule has 1 saturated heterocycles. The van der Waals surface area contributed by atoms with Gasteiger partial charge in [0.05, 0.1) is 23.0 Å². The molecule has 2 aliphatic heterocycles. The average Bonchev–Trinajstić information content (AvgIpc) is 3.29. The first-order chi connectivity index (χ1) is 18.0. The van der Waals surface area contributed by atoms with Gasteiger partial charge >= 0.3 is 6.09 Å². The van der Waals surface area contributed by atoms with Gasteiger partial charge in [0, 0.05) is 51.2 Å². The standard InChI is InChI=1S/C25H28N8O4/c34-22-14-20(18-7-8-26-16-28-18)29-23-19(4-1-2-11-33(22)23)30-24(35)17-5-6-21(27-15-17)31-9-3-10-32(13-12-31)25(36)37/h5-8,14-16,19H,1-4,9-13H2,(H,30,35)(H,36,37). The van der Waals surface area contributed by atoms with Gasteiger partial charge in [-0.3, -0.25) is 14.2 Å². The molecule has 3 aromatic rings. The van der Waals surface area contributed by atoms with Crippen molar-refractivity contribution < 1.29 is 14.7 Å². The fraction of sp³-hybridized carbons (Fsp3) is 0.400. The number of nitrogens with one attached hydrogen (secondary N) is 1. The van der Waals surface area contributed by atoms with E-state index >= 15 is 0 Å². The summed E-state index contributed by atoms with van der Waals surface area (Å²) in [6.45, 7) is 2.67. The predicted octanol–water partition coefficient (Wildman–Crippen LogP) is 1.94. The normalized spacial score (nSPS) is 17.9. The summed E-state index contributed by atoms with van der Waals surface area (Å²) in [5, 5.41) is 12.3. The lowest BCUT2D eigenvalue weighted by Crippen LogP contribution is -2.34. The van der Waals surface area contributed by atoms with E-state index in [1.807, 2.05) is 4.90 Å². The molecule has 12 heteroatoms. The van der Waals surface area contributed by atoms with Crippen LogP contribution in [0.15, 0.2) is 47.8 Å². The number of fused-ring (bicyclic) bond motifs is 1. The minimum Gasteiger partial charge on any atom is -0.465 e. The molecule has 0 saturated carbocycles. The molecule has 5 heterocycles. The first-order valence-electron chi connectivity index (χ1n) is 12.4.